The average molecular weight is 298 g/mol. The number of nitrogens with zero attached hydrogens (tertiary/aromatic N) is 1. The van der Waals surface area contributed by atoms with Crippen molar-refractivity contribution in [3.63, 3.8) is 0 Å². The topological polar surface area (TPSA) is 76.3 Å². The van der Waals surface area contributed by atoms with Crippen LogP contribution in [0.5, 0.6) is 0 Å². The Kier molecular flexibility index (Phi) is 4.15. The molecular formula is C13H16ClN3O3. The number of amides is 1. The molecule has 1 aromatic carbocycles. The number of hydrogen-bond donors (Lipinski definition) is 2. The van der Waals surface area contributed by atoms with Crippen LogP contribution in [-0.2, 0) is 11.8 Å². The molecular weight excluding hydrogens is 282 g/mol. The molecule has 1 amide bonds. The van der Waals surface area contributed by atoms with Crippen molar-refractivity contribution in [3.05, 3.63) is 28.7 Å². The molecule has 0 aliphatic carbocycles. The van der Waals surface area contributed by atoms with Gasteiger partial charge in [-0.2, -0.15) is 0 Å². The summed E-state index contributed by atoms with van der Waals surface area (Å²) in [5, 5.41) is 6.04. The summed E-state index contributed by atoms with van der Waals surface area (Å²) < 4.78 is 6.46. The van der Waals surface area contributed by atoms with E-state index in [1.54, 1.807) is 25.2 Å². The number of carbonyl (C=O) groups is 1. The standard InChI is InChI=1S/C13H15N3O3.ClH/c1-16-10-6-9(2-3-11(10)19-13(16)18)15-12(17)8-4-5-14-7-8;/h2-3,6,8,14H,4-5,7H2,1H3,(H,15,17);1H. The van der Waals surface area contributed by atoms with Crippen LogP contribution < -0.4 is 16.4 Å². The molecule has 1 atom stereocenters. The third-order valence-corrected chi connectivity index (χ3v) is 3.49. The van der Waals surface area contributed by atoms with Crippen LogP contribution in [0.4, 0.5) is 5.69 Å². The second-order valence-electron chi connectivity index (χ2n) is 4.79. The van der Waals surface area contributed by atoms with Gasteiger partial charge in [0.1, 0.15) is 0 Å². The van der Waals surface area contributed by atoms with Crippen molar-refractivity contribution >= 4 is 35.1 Å². The van der Waals surface area contributed by atoms with Gasteiger partial charge in [-0.25, -0.2) is 4.79 Å². The largest absolute Gasteiger partial charge is 0.419 e. The molecule has 20 heavy (non-hydrogen) atoms. The van der Waals surface area contributed by atoms with Crippen molar-refractivity contribution in [2.24, 2.45) is 13.0 Å². The number of hydrogen-bond acceptors (Lipinski definition) is 4. The highest BCUT2D eigenvalue weighted by atomic mass is 35.5. The van der Waals surface area contributed by atoms with Gasteiger partial charge in [0.2, 0.25) is 5.91 Å². The zero-order valence-electron chi connectivity index (χ0n) is 11.0. The van der Waals surface area contributed by atoms with E-state index in [0.29, 0.717) is 16.8 Å². The maximum atomic E-state index is 12.0. The first kappa shape index (κ1) is 14.6. The molecule has 0 spiro atoms. The highest BCUT2D eigenvalue weighted by molar-refractivity contribution is 5.94. The summed E-state index contributed by atoms with van der Waals surface area (Å²) >= 11 is 0. The van der Waals surface area contributed by atoms with E-state index < -0.39 is 5.76 Å². The smallest absolute Gasteiger partial charge is 0.408 e. The lowest BCUT2D eigenvalue weighted by atomic mass is 10.1. The maximum absolute atomic E-state index is 12.0. The molecule has 1 fully saturated rings. The molecule has 7 heteroatoms. The first-order valence-electron chi connectivity index (χ1n) is 6.26. The van der Waals surface area contributed by atoms with Gasteiger partial charge in [-0.1, -0.05) is 0 Å². The van der Waals surface area contributed by atoms with Gasteiger partial charge in [0.15, 0.2) is 5.58 Å². The van der Waals surface area contributed by atoms with Gasteiger partial charge in [0.05, 0.1) is 11.4 Å². The summed E-state index contributed by atoms with van der Waals surface area (Å²) in [6.07, 6.45) is 0.859. The molecule has 3 rings (SSSR count). The normalized spacial score (nSPS) is 17.9. The van der Waals surface area contributed by atoms with E-state index in [-0.39, 0.29) is 24.2 Å². The van der Waals surface area contributed by atoms with E-state index in [4.69, 9.17) is 4.42 Å². The fraction of sp³-hybridized carbons (Fsp3) is 0.385. The Balaban J connectivity index is 0.00000147. The summed E-state index contributed by atoms with van der Waals surface area (Å²) in [6.45, 7) is 1.60. The second-order valence-corrected chi connectivity index (χ2v) is 4.79. The van der Waals surface area contributed by atoms with Crippen LogP contribution in [0.25, 0.3) is 11.1 Å². The van der Waals surface area contributed by atoms with Crippen molar-refractivity contribution in [3.8, 4) is 0 Å². The Morgan fingerprint density at radius 3 is 3.00 bits per heavy atom. The number of fused-ring (bicyclic) bond motifs is 1. The first-order valence-corrected chi connectivity index (χ1v) is 6.26. The predicted octanol–water partition coefficient (Wildman–Crippen LogP) is 1.10. The zero-order chi connectivity index (χ0) is 13.4. The Labute approximate surface area is 121 Å². The fourth-order valence-corrected chi connectivity index (χ4v) is 2.33. The summed E-state index contributed by atoms with van der Waals surface area (Å²) in [4.78, 5) is 23.4. The average Bonchev–Trinajstić information content (AvgIpc) is 3.01. The summed E-state index contributed by atoms with van der Waals surface area (Å²) in [5.74, 6) is -0.375. The van der Waals surface area contributed by atoms with E-state index in [2.05, 4.69) is 10.6 Å². The van der Waals surface area contributed by atoms with Crippen molar-refractivity contribution in [1.82, 2.24) is 9.88 Å². The van der Waals surface area contributed by atoms with Crippen molar-refractivity contribution in [2.75, 3.05) is 18.4 Å². The molecule has 1 unspecified atom stereocenters. The van der Waals surface area contributed by atoms with Crippen LogP contribution in [-0.4, -0.2) is 23.6 Å². The molecule has 0 bridgehead atoms. The monoisotopic (exact) mass is 297 g/mol. The number of aromatic nitrogens is 1. The van der Waals surface area contributed by atoms with E-state index >= 15 is 0 Å². The molecule has 0 radical (unpaired) electrons. The van der Waals surface area contributed by atoms with Gasteiger partial charge in [0.25, 0.3) is 0 Å². The lowest BCUT2D eigenvalue weighted by molar-refractivity contribution is -0.119. The van der Waals surface area contributed by atoms with E-state index in [9.17, 15) is 9.59 Å². The number of aryl methyl sites for hydroxylation is 1. The van der Waals surface area contributed by atoms with E-state index in [1.807, 2.05) is 0 Å². The highest BCUT2D eigenvalue weighted by Crippen LogP contribution is 2.19. The van der Waals surface area contributed by atoms with Crippen molar-refractivity contribution in [1.29, 1.82) is 0 Å². The fourth-order valence-electron chi connectivity index (χ4n) is 2.33. The van der Waals surface area contributed by atoms with Crippen LogP contribution in [0.15, 0.2) is 27.4 Å². The number of benzene rings is 1. The molecule has 108 valence electrons. The Morgan fingerprint density at radius 1 is 1.50 bits per heavy atom. The van der Waals surface area contributed by atoms with Gasteiger partial charge in [-0.3, -0.25) is 9.36 Å². The van der Waals surface area contributed by atoms with Gasteiger partial charge < -0.3 is 15.1 Å². The number of anilines is 1. The van der Waals surface area contributed by atoms with Gasteiger partial charge in [-0.05, 0) is 31.2 Å². The number of oxazole rings is 1. The Morgan fingerprint density at radius 2 is 2.30 bits per heavy atom. The molecule has 1 aromatic heterocycles. The van der Waals surface area contributed by atoms with Gasteiger partial charge in [-0.15, -0.1) is 12.4 Å². The minimum Gasteiger partial charge on any atom is -0.408 e. The molecule has 1 aliphatic rings. The van der Waals surface area contributed by atoms with Crippen molar-refractivity contribution < 1.29 is 9.21 Å². The minimum atomic E-state index is -0.404. The SMILES string of the molecule is Cl.Cn1c(=O)oc2ccc(NC(=O)C3CCNC3)cc21. The highest BCUT2D eigenvalue weighted by Gasteiger charge is 2.22. The zero-order valence-corrected chi connectivity index (χ0v) is 11.8. The molecule has 1 saturated heterocycles. The van der Waals surface area contributed by atoms with Crippen LogP contribution in [0, 0.1) is 5.92 Å². The lowest BCUT2D eigenvalue weighted by Gasteiger charge is -2.09. The van der Waals surface area contributed by atoms with Gasteiger partial charge >= 0.3 is 5.76 Å². The third-order valence-electron chi connectivity index (χ3n) is 3.49. The number of rotatable bonds is 2. The van der Waals surface area contributed by atoms with Crippen LogP contribution in [0.2, 0.25) is 0 Å². The predicted molar refractivity (Wildman–Crippen MR) is 78.3 cm³/mol. The van der Waals surface area contributed by atoms with Crippen LogP contribution >= 0.6 is 12.4 Å². The van der Waals surface area contributed by atoms with Crippen molar-refractivity contribution in [2.45, 2.75) is 6.42 Å². The van der Waals surface area contributed by atoms with E-state index in [0.717, 1.165) is 19.5 Å². The molecule has 2 N–H and O–H groups in total. The second kappa shape index (κ2) is 5.68. The molecule has 6 nitrogen and oxygen atoms in total. The Bertz CT molecular complexity index is 686. The number of nitrogens with one attached hydrogen (secondary N) is 2. The lowest BCUT2D eigenvalue weighted by Crippen LogP contribution is -2.24. The third kappa shape index (κ3) is 2.57. The minimum absolute atomic E-state index is 0. The molecule has 1 aliphatic heterocycles. The number of carbonyl (C=O) groups excluding carboxylic acids is 1. The quantitative estimate of drug-likeness (QED) is 0.870. The molecule has 0 saturated carbocycles. The summed E-state index contributed by atoms with van der Waals surface area (Å²) in [6, 6.07) is 5.19. The maximum Gasteiger partial charge on any atom is 0.419 e. The summed E-state index contributed by atoms with van der Waals surface area (Å²) in [7, 11) is 1.64. The number of halogens is 1. The first-order chi connectivity index (χ1) is 9.15. The van der Waals surface area contributed by atoms with Gasteiger partial charge in [0, 0.05) is 19.3 Å². The molecule has 2 aromatic rings. The van der Waals surface area contributed by atoms with Crippen LogP contribution in [0.3, 0.4) is 0 Å². The van der Waals surface area contributed by atoms with E-state index in [1.165, 1.54) is 4.57 Å². The molecule has 2 heterocycles. The summed E-state index contributed by atoms with van der Waals surface area (Å²) in [5.41, 5.74) is 1.88. The Hall–Kier alpha value is -1.79. The van der Waals surface area contributed by atoms with Crippen LogP contribution in [0.1, 0.15) is 6.42 Å².